The molecule has 0 amide bonds. The minimum absolute atomic E-state index is 0.675. The van der Waals surface area contributed by atoms with Gasteiger partial charge in [0.05, 0.1) is 0 Å². The largest absolute Gasteiger partial charge is 0.127 e. The number of hydrogen-bond acceptors (Lipinski definition) is 0. The number of unbranched alkanes of at least 4 members (excludes halogenated alkanes) is 2. The monoisotopic (exact) mass is 202 g/mol. The molecule has 0 unspecified atom stereocenters. The second-order valence-corrected chi connectivity index (χ2v) is 2.94. The quantitative estimate of drug-likeness (QED) is 0.374. The molecule has 0 bridgehead atoms. The fourth-order valence-electron chi connectivity index (χ4n) is 0.524. The average molecular weight is 203 g/mol. The maximum Gasteiger partial charge on any atom is 0.0232 e. The molecule has 0 aliphatic rings. The van der Waals surface area contributed by atoms with Crippen LogP contribution >= 0.6 is 23.2 Å². The number of hydrogen-bond donors (Lipinski definition) is 0. The van der Waals surface area contributed by atoms with Gasteiger partial charge in [-0.15, -0.1) is 23.2 Å². The molecular weight excluding hydrogens is 191 g/mol. The zero-order chi connectivity index (χ0) is 9.07. The predicted octanol–water partition coefficient (Wildman–Crippen LogP) is 3.03. The van der Waals surface area contributed by atoms with E-state index in [2.05, 4.69) is 23.7 Å². The van der Waals surface area contributed by atoms with Crippen molar-refractivity contribution in [2.24, 2.45) is 0 Å². The van der Waals surface area contributed by atoms with Crippen LogP contribution in [0.15, 0.2) is 0 Å². The highest BCUT2D eigenvalue weighted by atomic mass is 35.5. The minimum atomic E-state index is 0.675. The molecule has 2 heteroatoms. The van der Waals surface area contributed by atoms with Gasteiger partial charge in [0.15, 0.2) is 0 Å². The SMILES string of the molecule is ClCCCC#CC#CCCCCl. The molecule has 0 aliphatic carbocycles. The summed E-state index contributed by atoms with van der Waals surface area (Å²) in [5.74, 6) is 12.7. The highest BCUT2D eigenvalue weighted by Gasteiger charge is 1.77. The molecule has 0 aliphatic heterocycles. The van der Waals surface area contributed by atoms with E-state index in [-0.39, 0.29) is 0 Å². The molecule has 0 atom stereocenters. The first-order valence-electron chi connectivity index (χ1n) is 3.99. The van der Waals surface area contributed by atoms with Crippen molar-refractivity contribution in [2.45, 2.75) is 25.7 Å². The molecule has 0 aromatic heterocycles. The van der Waals surface area contributed by atoms with Crippen LogP contribution in [-0.4, -0.2) is 11.8 Å². The molecular formula is C10H12Cl2. The molecule has 0 fully saturated rings. The van der Waals surface area contributed by atoms with Gasteiger partial charge in [-0.25, -0.2) is 0 Å². The predicted molar refractivity (Wildman–Crippen MR) is 55.5 cm³/mol. The Morgan fingerprint density at radius 1 is 0.750 bits per heavy atom. The first-order valence-corrected chi connectivity index (χ1v) is 5.06. The maximum atomic E-state index is 5.46. The third kappa shape index (κ3) is 9.70. The Balaban J connectivity index is 3.32. The standard InChI is InChI=1S/C10H12Cl2/c11-9-7-5-3-1-2-4-6-8-10-12/h5-10H2. The lowest BCUT2D eigenvalue weighted by molar-refractivity contribution is 0.990. The lowest BCUT2D eigenvalue weighted by atomic mass is 10.3. The average Bonchev–Trinajstić information content (AvgIpc) is 2.10. The molecule has 12 heavy (non-hydrogen) atoms. The summed E-state index contributed by atoms with van der Waals surface area (Å²) in [6.45, 7) is 0. The van der Waals surface area contributed by atoms with Crippen molar-refractivity contribution in [1.82, 2.24) is 0 Å². The van der Waals surface area contributed by atoms with Crippen LogP contribution in [0.2, 0.25) is 0 Å². The van der Waals surface area contributed by atoms with Gasteiger partial charge in [0, 0.05) is 24.6 Å². The summed E-state index contributed by atoms with van der Waals surface area (Å²) < 4.78 is 0. The summed E-state index contributed by atoms with van der Waals surface area (Å²) in [7, 11) is 0. The first-order chi connectivity index (χ1) is 5.91. The van der Waals surface area contributed by atoms with Crippen molar-refractivity contribution in [3.63, 3.8) is 0 Å². The van der Waals surface area contributed by atoms with E-state index in [9.17, 15) is 0 Å². The van der Waals surface area contributed by atoms with Gasteiger partial charge in [0.1, 0.15) is 0 Å². The Bertz CT molecular complexity index is 175. The van der Waals surface area contributed by atoms with Gasteiger partial charge in [0.25, 0.3) is 0 Å². The van der Waals surface area contributed by atoms with Crippen LogP contribution in [0.1, 0.15) is 25.7 Å². The van der Waals surface area contributed by atoms with Crippen LogP contribution in [0.3, 0.4) is 0 Å². The minimum Gasteiger partial charge on any atom is -0.127 e. The van der Waals surface area contributed by atoms with E-state index in [0.29, 0.717) is 11.8 Å². The Labute approximate surface area is 84.6 Å². The van der Waals surface area contributed by atoms with Crippen LogP contribution in [0.5, 0.6) is 0 Å². The molecule has 66 valence electrons. The van der Waals surface area contributed by atoms with Gasteiger partial charge in [0.2, 0.25) is 0 Å². The Morgan fingerprint density at radius 2 is 1.17 bits per heavy atom. The normalized spacial score (nSPS) is 7.83. The molecule has 0 spiro atoms. The zero-order valence-electron chi connectivity index (χ0n) is 7.00. The summed E-state index contributed by atoms with van der Waals surface area (Å²) >= 11 is 10.9. The summed E-state index contributed by atoms with van der Waals surface area (Å²) in [4.78, 5) is 0. The fourth-order valence-corrected chi connectivity index (χ4v) is 0.791. The van der Waals surface area contributed by atoms with Gasteiger partial charge in [-0.2, -0.15) is 0 Å². The molecule has 0 saturated carbocycles. The molecule has 0 rings (SSSR count). The van der Waals surface area contributed by atoms with Gasteiger partial charge in [-0.1, -0.05) is 11.8 Å². The van der Waals surface area contributed by atoms with Gasteiger partial charge in [-0.05, 0) is 24.7 Å². The third-order valence-electron chi connectivity index (χ3n) is 1.11. The van der Waals surface area contributed by atoms with Gasteiger partial charge < -0.3 is 0 Å². The second kappa shape index (κ2) is 10.7. The fraction of sp³-hybridized carbons (Fsp3) is 0.600. The van der Waals surface area contributed by atoms with Crippen molar-refractivity contribution in [3.8, 4) is 23.7 Å². The van der Waals surface area contributed by atoms with Crippen molar-refractivity contribution in [1.29, 1.82) is 0 Å². The van der Waals surface area contributed by atoms with E-state index in [0.717, 1.165) is 25.7 Å². The summed E-state index contributed by atoms with van der Waals surface area (Å²) in [5.41, 5.74) is 0. The van der Waals surface area contributed by atoms with Crippen LogP contribution in [0.4, 0.5) is 0 Å². The molecule has 0 nitrogen and oxygen atoms in total. The van der Waals surface area contributed by atoms with Crippen molar-refractivity contribution in [3.05, 3.63) is 0 Å². The van der Waals surface area contributed by atoms with Gasteiger partial charge >= 0.3 is 0 Å². The Kier molecular flexibility index (Phi) is 10.4. The van der Waals surface area contributed by atoms with E-state index < -0.39 is 0 Å². The van der Waals surface area contributed by atoms with Crippen LogP contribution in [-0.2, 0) is 0 Å². The van der Waals surface area contributed by atoms with E-state index >= 15 is 0 Å². The lowest BCUT2D eigenvalue weighted by Crippen LogP contribution is -1.71. The number of alkyl halides is 2. The van der Waals surface area contributed by atoms with Crippen LogP contribution in [0.25, 0.3) is 0 Å². The highest BCUT2D eigenvalue weighted by molar-refractivity contribution is 6.18. The summed E-state index contributed by atoms with van der Waals surface area (Å²) in [6, 6.07) is 0. The van der Waals surface area contributed by atoms with E-state index in [4.69, 9.17) is 23.2 Å². The van der Waals surface area contributed by atoms with E-state index in [1.165, 1.54) is 0 Å². The molecule has 0 heterocycles. The second-order valence-electron chi connectivity index (χ2n) is 2.19. The Hall–Kier alpha value is -0.300. The molecule has 0 radical (unpaired) electrons. The summed E-state index contributed by atoms with van der Waals surface area (Å²) in [6.07, 6.45) is 3.57. The molecule has 0 aromatic rings. The van der Waals surface area contributed by atoms with Crippen molar-refractivity contribution >= 4 is 23.2 Å². The van der Waals surface area contributed by atoms with Crippen molar-refractivity contribution in [2.75, 3.05) is 11.8 Å². The summed E-state index contributed by atoms with van der Waals surface area (Å²) in [5, 5.41) is 0. The zero-order valence-corrected chi connectivity index (χ0v) is 8.51. The van der Waals surface area contributed by atoms with Crippen molar-refractivity contribution < 1.29 is 0 Å². The molecule has 0 aromatic carbocycles. The van der Waals surface area contributed by atoms with Crippen LogP contribution in [0, 0.1) is 23.7 Å². The number of halogens is 2. The lowest BCUT2D eigenvalue weighted by Gasteiger charge is -1.80. The first kappa shape index (κ1) is 11.7. The molecule has 0 saturated heterocycles. The van der Waals surface area contributed by atoms with Gasteiger partial charge in [-0.3, -0.25) is 0 Å². The third-order valence-corrected chi connectivity index (χ3v) is 1.64. The van der Waals surface area contributed by atoms with Crippen LogP contribution < -0.4 is 0 Å². The maximum absolute atomic E-state index is 5.46. The van der Waals surface area contributed by atoms with E-state index in [1.54, 1.807) is 0 Å². The topological polar surface area (TPSA) is 0 Å². The van der Waals surface area contributed by atoms with E-state index in [1.807, 2.05) is 0 Å². The number of rotatable bonds is 4. The molecule has 0 N–H and O–H groups in total. The smallest absolute Gasteiger partial charge is 0.0232 e. The highest BCUT2D eigenvalue weighted by Crippen LogP contribution is 1.89. The Morgan fingerprint density at radius 3 is 1.50 bits per heavy atom.